The Morgan fingerprint density at radius 2 is 1.86 bits per heavy atom. The van der Waals surface area contributed by atoms with Crippen LogP contribution in [0.15, 0.2) is 36.4 Å². The van der Waals surface area contributed by atoms with Gasteiger partial charge in [-0.3, -0.25) is 0 Å². The second-order valence-electron chi connectivity index (χ2n) is 7.99. The summed E-state index contributed by atoms with van der Waals surface area (Å²) < 4.78 is 18.2. The molecule has 2 aromatic rings. The van der Waals surface area contributed by atoms with E-state index in [-0.39, 0.29) is 11.6 Å². The van der Waals surface area contributed by atoms with Gasteiger partial charge in [-0.1, -0.05) is 23.7 Å². The lowest BCUT2D eigenvalue weighted by molar-refractivity contribution is 0.153. The Morgan fingerprint density at radius 3 is 2.52 bits per heavy atom. The lowest BCUT2D eigenvalue weighted by Gasteiger charge is -2.34. The number of piperidine rings is 1. The van der Waals surface area contributed by atoms with Crippen LogP contribution in [0.2, 0.25) is 5.02 Å². The first-order valence-electron chi connectivity index (χ1n) is 10.2. The third-order valence-corrected chi connectivity index (χ3v) is 5.96. The van der Waals surface area contributed by atoms with Gasteiger partial charge in [-0.05, 0) is 80.7 Å². The molecule has 3 rings (SSSR count). The highest BCUT2D eigenvalue weighted by Crippen LogP contribution is 2.35. The van der Waals surface area contributed by atoms with Gasteiger partial charge < -0.3 is 19.6 Å². The molecular weight excluding hydrogens is 391 g/mol. The van der Waals surface area contributed by atoms with Crippen LogP contribution >= 0.6 is 11.6 Å². The van der Waals surface area contributed by atoms with Crippen LogP contribution in [0.5, 0.6) is 11.5 Å². The highest BCUT2D eigenvalue weighted by Gasteiger charge is 2.20. The van der Waals surface area contributed by atoms with E-state index in [0.717, 1.165) is 44.7 Å². The largest absolute Gasteiger partial charge is 0.503 e. The van der Waals surface area contributed by atoms with E-state index in [0.29, 0.717) is 16.7 Å². The van der Waals surface area contributed by atoms with Crippen molar-refractivity contribution < 1.29 is 14.2 Å². The first kappa shape index (κ1) is 21.9. The molecule has 29 heavy (non-hydrogen) atoms. The topological polar surface area (TPSA) is 35.9 Å². The third-order valence-electron chi connectivity index (χ3n) is 5.67. The minimum absolute atomic E-state index is 0.00595. The molecule has 0 radical (unpaired) electrons. The molecule has 0 bridgehead atoms. The Balaban J connectivity index is 1.42. The van der Waals surface area contributed by atoms with E-state index >= 15 is 0 Å². The number of phenolic OH excluding ortho intramolecular Hbond substituents is 1. The summed E-state index contributed by atoms with van der Waals surface area (Å²) in [5.41, 5.74) is 2.22. The average Bonchev–Trinajstić information content (AvgIpc) is 2.71. The van der Waals surface area contributed by atoms with Crippen molar-refractivity contribution in [3.05, 3.63) is 58.4 Å². The standard InChI is InChI=1S/C23H30ClFN2O2/c1-26(16-19-13-21(24)23(28)22(14-19)29-2)15-18-8-11-27(12-9-18)10-7-17-3-5-20(25)6-4-17/h3-6,13-14,18,28H,7-12,15-16H2,1-2H3. The van der Waals surface area contributed by atoms with E-state index in [4.69, 9.17) is 16.3 Å². The number of halogens is 2. The fourth-order valence-electron chi connectivity index (χ4n) is 4.02. The van der Waals surface area contributed by atoms with Crippen LogP contribution in [0.1, 0.15) is 24.0 Å². The molecular formula is C23H30ClFN2O2. The van der Waals surface area contributed by atoms with Gasteiger partial charge in [-0.15, -0.1) is 0 Å². The number of methoxy groups -OCH3 is 1. The van der Waals surface area contributed by atoms with Crippen LogP contribution in [-0.2, 0) is 13.0 Å². The van der Waals surface area contributed by atoms with Crippen LogP contribution in [0, 0.1) is 11.7 Å². The fourth-order valence-corrected chi connectivity index (χ4v) is 4.26. The Morgan fingerprint density at radius 1 is 1.17 bits per heavy atom. The maximum absolute atomic E-state index is 13.0. The molecule has 0 atom stereocenters. The summed E-state index contributed by atoms with van der Waals surface area (Å²) in [6, 6.07) is 10.5. The monoisotopic (exact) mass is 420 g/mol. The molecule has 4 nitrogen and oxygen atoms in total. The van der Waals surface area contributed by atoms with Gasteiger partial charge >= 0.3 is 0 Å². The first-order chi connectivity index (χ1) is 13.9. The Bertz CT molecular complexity index is 792. The van der Waals surface area contributed by atoms with Crippen molar-refractivity contribution in [2.45, 2.75) is 25.8 Å². The van der Waals surface area contributed by atoms with Crippen molar-refractivity contribution in [2.24, 2.45) is 5.92 Å². The molecule has 6 heteroatoms. The number of likely N-dealkylation sites (tertiary alicyclic amines) is 1. The Labute approximate surface area is 177 Å². The minimum Gasteiger partial charge on any atom is -0.503 e. The molecule has 0 unspecified atom stereocenters. The second kappa shape index (κ2) is 10.3. The van der Waals surface area contributed by atoms with E-state index in [1.54, 1.807) is 6.07 Å². The predicted octanol–water partition coefficient (Wildman–Crippen LogP) is 4.58. The lowest BCUT2D eigenvalue weighted by Crippen LogP contribution is -2.38. The highest BCUT2D eigenvalue weighted by atomic mass is 35.5. The first-order valence-corrected chi connectivity index (χ1v) is 10.5. The molecule has 0 aromatic heterocycles. The van der Waals surface area contributed by atoms with E-state index in [2.05, 4.69) is 16.8 Å². The summed E-state index contributed by atoms with van der Waals surface area (Å²) >= 11 is 6.10. The van der Waals surface area contributed by atoms with E-state index in [9.17, 15) is 9.50 Å². The third kappa shape index (κ3) is 6.33. The maximum atomic E-state index is 13.0. The van der Waals surface area contributed by atoms with Crippen molar-refractivity contribution in [1.29, 1.82) is 0 Å². The second-order valence-corrected chi connectivity index (χ2v) is 8.39. The van der Waals surface area contributed by atoms with Crippen LogP contribution in [0.4, 0.5) is 4.39 Å². The molecule has 0 spiro atoms. The summed E-state index contributed by atoms with van der Waals surface area (Å²) in [5, 5.41) is 10.2. The normalized spacial score (nSPS) is 15.8. The summed E-state index contributed by atoms with van der Waals surface area (Å²) in [7, 11) is 3.65. The smallest absolute Gasteiger partial charge is 0.176 e. The van der Waals surface area contributed by atoms with Crippen molar-refractivity contribution in [2.75, 3.05) is 40.3 Å². The molecule has 1 fully saturated rings. The van der Waals surface area contributed by atoms with Crippen molar-refractivity contribution in [3.63, 3.8) is 0 Å². The van der Waals surface area contributed by atoms with Gasteiger partial charge in [0.25, 0.3) is 0 Å². The van der Waals surface area contributed by atoms with Gasteiger partial charge in [0.2, 0.25) is 0 Å². The Hall–Kier alpha value is -1.82. The maximum Gasteiger partial charge on any atom is 0.176 e. The Kier molecular flexibility index (Phi) is 7.76. The number of rotatable bonds is 8. The van der Waals surface area contributed by atoms with Crippen molar-refractivity contribution in [3.8, 4) is 11.5 Å². The molecule has 1 N–H and O–H groups in total. The quantitative estimate of drug-likeness (QED) is 0.678. The molecule has 0 amide bonds. The summed E-state index contributed by atoms with van der Waals surface area (Å²) in [5.74, 6) is 0.909. The molecule has 2 aromatic carbocycles. The van der Waals surface area contributed by atoms with Gasteiger partial charge in [0.15, 0.2) is 11.5 Å². The molecule has 1 heterocycles. The minimum atomic E-state index is -0.174. The van der Waals surface area contributed by atoms with Gasteiger partial charge in [0, 0.05) is 19.6 Å². The summed E-state index contributed by atoms with van der Waals surface area (Å²) in [6.07, 6.45) is 3.34. The zero-order valence-corrected chi connectivity index (χ0v) is 18.0. The van der Waals surface area contributed by atoms with Gasteiger partial charge in [-0.25, -0.2) is 4.39 Å². The molecule has 1 aliphatic rings. The van der Waals surface area contributed by atoms with Gasteiger partial charge in [0.1, 0.15) is 5.82 Å². The van der Waals surface area contributed by atoms with E-state index in [1.165, 1.54) is 37.6 Å². The van der Waals surface area contributed by atoms with Crippen LogP contribution in [0.25, 0.3) is 0 Å². The molecule has 0 aliphatic carbocycles. The predicted molar refractivity (Wildman–Crippen MR) is 115 cm³/mol. The fraction of sp³-hybridized carbons (Fsp3) is 0.478. The average molecular weight is 421 g/mol. The van der Waals surface area contributed by atoms with Crippen LogP contribution in [-0.4, -0.2) is 55.2 Å². The number of phenols is 1. The molecule has 1 saturated heterocycles. The SMILES string of the molecule is COc1cc(CN(C)CC2CCN(CCc3ccc(F)cc3)CC2)cc(Cl)c1O. The highest BCUT2D eigenvalue weighted by molar-refractivity contribution is 6.32. The number of nitrogens with zero attached hydrogens (tertiary/aromatic N) is 2. The lowest BCUT2D eigenvalue weighted by atomic mass is 9.95. The number of hydrogen-bond donors (Lipinski definition) is 1. The van der Waals surface area contributed by atoms with E-state index < -0.39 is 0 Å². The summed E-state index contributed by atoms with van der Waals surface area (Å²) in [4.78, 5) is 4.81. The van der Waals surface area contributed by atoms with Crippen molar-refractivity contribution in [1.82, 2.24) is 9.80 Å². The molecule has 1 aliphatic heterocycles. The van der Waals surface area contributed by atoms with Crippen molar-refractivity contribution >= 4 is 11.6 Å². The molecule has 0 saturated carbocycles. The summed E-state index contributed by atoms with van der Waals surface area (Å²) in [6.45, 7) is 5.05. The number of ether oxygens (including phenoxy) is 1. The van der Waals surface area contributed by atoms with Gasteiger partial charge in [-0.2, -0.15) is 0 Å². The zero-order chi connectivity index (χ0) is 20.8. The van der Waals surface area contributed by atoms with E-state index in [1.807, 2.05) is 18.2 Å². The number of benzene rings is 2. The van der Waals surface area contributed by atoms with Crippen LogP contribution in [0.3, 0.4) is 0 Å². The number of hydrogen-bond acceptors (Lipinski definition) is 4. The van der Waals surface area contributed by atoms with Gasteiger partial charge in [0.05, 0.1) is 12.1 Å². The molecule has 158 valence electrons. The number of aromatic hydroxyl groups is 1. The van der Waals surface area contributed by atoms with Crippen LogP contribution < -0.4 is 4.74 Å². The zero-order valence-electron chi connectivity index (χ0n) is 17.2.